The van der Waals surface area contributed by atoms with Crippen LogP contribution in [0.3, 0.4) is 0 Å². The van der Waals surface area contributed by atoms with Crippen LogP contribution in [-0.2, 0) is 6.54 Å². The zero-order valence-corrected chi connectivity index (χ0v) is 16.4. The number of hydrogen-bond acceptors (Lipinski definition) is 3. The topological polar surface area (TPSA) is 50.4 Å². The molecular formula is C23H22FN3O2. The normalized spacial score (nSPS) is 11.3. The van der Waals surface area contributed by atoms with Gasteiger partial charge in [0.2, 0.25) is 0 Å². The van der Waals surface area contributed by atoms with Crippen molar-refractivity contribution < 1.29 is 13.6 Å². The highest BCUT2D eigenvalue weighted by Crippen LogP contribution is 2.24. The summed E-state index contributed by atoms with van der Waals surface area (Å²) in [7, 11) is 4.10. The zero-order valence-electron chi connectivity index (χ0n) is 16.4. The number of carbonyl (C=O) groups excluding carboxylic acids is 1. The summed E-state index contributed by atoms with van der Waals surface area (Å²) in [5, 5.41) is 3.94. The minimum Gasteiger partial charge on any atom is -0.451 e. The number of amides is 1. The fourth-order valence-electron chi connectivity index (χ4n) is 3.20. The minimum atomic E-state index is -0.329. The van der Waals surface area contributed by atoms with Crippen LogP contribution >= 0.6 is 0 Å². The lowest BCUT2D eigenvalue weighted by atomic mass is 10.2. The Morgan fingerprint density at radius 3 is 2.62 bits per heavy atom. The molecule has 4 aromatic rings. The monoisotopic (exact) mass is 391 g/mol. The van der Waals surface area contributed by atoms with Gasteiger partial charge in [-0.2, -0.15) is 0 Å². The Morgan fingerprint density at radius 2 is 1.86 bits per heavy atom. The molecule has 2 aromatic heterocycles. The third-order valence-corrected chi connectivity index (χ3v) is 4.78. The van der Waals surface area contributed by atoms with Crippen LogP contribution < -0.4 is 5.32 Å². The van der Waals surface area contributed by atoms with Crippen molar-refractivity contribution in [3.05, 3.63) is 78.4 Å². The van der Waals surface area contributed by atoms with E-state index >= 15 is 0 Å². The lowest BCUT2D eigenvalue weighted by Gasteiger charge is -2.11. The van der Waals surface area contributed by atoms with Crippen LogP contribution in [0.5, 0.6) is 0 Å². The Labute approximate surface area is 168 Å². The first-order valence-corrected chi connectivity index (χ1v) is 9.40. The second kappa shape index (κ2) is 7.93. The number of furan rings is 1. The number of nitrogens with zero attached hydrogens (tertiary/aromatic N) is 2. The predicted molar refractivity (Wildman–Crippen MR) is 113 cm³/mol. The van der Waals surface area contributed by atoms with Gasteiger partial charge in [0.05, 0.1) is 0 Å². The molecular weight excluding hydrogens is 369 g/mol. The van der Waals surface area contributed by atoms with Crippen molar-refractivity contribution in [1.82, 2.24) is 9.47 Å². The van der Waals surface area contributed by atoms with Crippen LogP contribution in [0.2, 0.25) is 0 Å². The van der Waals surface area contributed by atoms with Gasteiger partial charge in [0.15, 0.2) is 5.76 Å². The van der Waals surface area contributed by atoms with Crippen LogP contribution in [0.15, 0.2) is 71.3 Å². The van der Waals surface area contributed by atoms with Crippen molar-refractivity contribution in [2.75, 3.05) is 26.0 Å². The Morgan fingerprint density at radius 1 is 1.07 bits per heavy atom. The lowest BCUT2D eigenvalue weighted by molar-refractivity contribution is 0.0997. The van der Waals surface area contributed by atoms with Crippen molar-refractivity contribution in [1.29, 1.82) is 0 Å². The predicted octanol–water partition coefficient (Wildman–Crippen LogP) is 4.85. The van der Waals surface area contributed by atoms with Crippen molar-refractivity contribution in [2.45, 2.75) is 6.54 Å². The van der Waals surface area contributed by atoms with Crippen LogP contribution in [0.1, 0.15) is 10.6 Å². The summed E-state index contributed by atoms with van der Waals surface area (Å²) in [6.07, 6.45) is 2.06. The molecule has 1 amide bonds. The molecule has 148 valence electrons. The number of likely N-dealkylation sites (N-methyl/N-ethyl adjacent to an activating group) is 1. The maximum absolute atomic E-state index is 13.1. The number of benzene rings is 2. The molecule has 1 N–H and O–H groups in total. The fraction of sp³-hybridized carbons (Fsp3) is 0.174. The quantitative estimate of drug-likeness (QED) is 0.511. The van der Waals surface area contributed by atoms with E-state index in [1.54, 1.807) is 24.3 Å². The molecule has 0 radical (unpaired) electrons. The minimum absolute atomic E-state index is 0.202. The third-order valence-electron chi connectivity index (χ3n) is 4.78. The van der Waals surface area contributed by atoms with Gasteiger partial charge in [-0.15, -0.1) is 0 Å². The molecule has 0 fully saturated rings. The van der Waals surface area contributed by atoms with Gasteiger partial charge in [0.25, 0.3) is 5.91 Å². The van der Waals surface area contributed by atoms with Gasteiger partial charge in [-0.1, -0.05) is 0 Å². The van der Waals surface area contributed by atoms with Crippen LogP contribution in [-0.4, -0.2) is 36.0 Å². The van der Waals surface area contributed by atoms with Gasteiger partial charge in [-0.3, -0.25) is 4.79 Å². The van der Waals surface area contributed by atoms with E-state index < -0.39 is 0 Å². The molecule has 2 aromatic carbocycles. The summed E-state index contributed by atoms with van der Waals surface area (Å²) in [4.78, 5) is 14.7. The van der Waals surface area contributed by atoms with Crippen molar-refractivity contribution >= 4 is 22.5 Å². The molecule has 4 rings (SSSR count). The van der Waals surface area contributed by atoms with Crippen molar-refractivity contribution in [3.8, 4) is 11.3 Å². The number of anilines is 1. The summed E-state index contributed by atoms with van der Waals surface area (Å²) < 4.78 is 20.9. The molecule has 0 aliphatic carbocycles. The number of aromatic nitrogens is 1. The Kier molecular flexibility index (Phi) is 5.18. The van der Waals surface area contributed by atoms with Gasteiger partial charge in [0.1, 0.15) is 11.6 Å². The van der Waals surface area contributed by atoms with Gasteiger partial charge >= 0.3 is 0 Å². The molecule has 0 bridgehead atoms. The van der Waals surface area contributed by atoms with Gasteiger partial charge in [-0.05, 0) is 74.8 Å². The van der Waals surface area contributed by atoms with E-state index in [-0.39, 0.29) is 17.5 Å². The summed E-state index contributed by atoms with van der Waals surface area (Å²) in [5.41, 5.74) is 2.54. The number of hydrogen-bond donors (Lipinski definition) is 1. The second-order valence-electron chi connectivity index (χ2n) is 7.21. The van der Waals surface area contributed by atoms with E-state index in [0.717, 1.165) is 24.0 Å². The Bertz CT molecular complexity index is 1140. The molecule has 0 aliphatic rings. The van der Waals surface area contributed by atoms with E-state index in [2.05, 4.69) is 35.1 Å². The highest BCUT2D eigenvalue weighted by Gasteiger charge is 2.13. The second-order valence-corrected chi connectivity index (χ2v) is 7.21. The van der Waals surface area contributed by atoms with E-state index in [4.69, 9.17) is 4.42 Å². The van der Waals surface area contributed by atoms with Gasteiger partial charge in [0, 0.05) is 41.4 Å². The molecule has 0 saturated carbocycles. The fourth-order valence-corrected chi connectivity index (χ4v) is 3.20. The van der Waals surface area contributed by atoms with E-state index in [1.807, 2.05) is 24.3 Å². The SMILES string of the molecule is CN(C)CCn1ccc2cc(NC(=O)c3ccc(-c4ccc(F)cc4)o3)ccc21. The Hall–Kier alpha value is -3.38. The maximum atomic E-state index is 13.1. The molecule has 2 heterocycles. The van der Waals surface area contributed by atoms with E-state index in [9.17, 15) is 9.18 Å². The van der Waals surface area contributed by atoms with E-state index in [1.165, 1.54) is 12.1 Å². The molecule has 29 heavy (non-hydrogen) atoms. The number of fused-ring (bicyclic) bond motifs is 1. The summed E-state index contributed by atoms with van der Waals surface area (Å²) in [5.74, 6) is 0.0745. The lowest BCUT2D eigenvalue weighted by Crippen LogP contribution is -2.17. The summed E-state index contributed by atoms with van der Waals surface area (Å²) in [6, 6.07) is 17.2. The highest BCUT2D eigenvalue weighted by molar-refractivity contribution is 6.03. The zero-order chi connectivity index (χ0) is 20.4. The summed E-state index contributed by atoms with van der Waals surface area (Å²) >= 11 is 0. The smallest absolute Gasteiger partial charge is 0.291 e. The largest absolute Gasteiger partial charge is 0.451 e. The molecule has 0 aliphatic heterocycles. The van der Waals surface area contributed by atoms with Crippen molar-refractivity contribution in [3.63, 3.8) is 0 Å². The summed E-state index contributed by atoms with van der Waals surface area (Å²) in [6.45, 7) is 1.86. The van der Waals surface area contributed by atoms with Crippen LogP contribution in [0.25, 0.3) is 22.2 Å². The average molecular weight is 391 g/mol. The van der Waals surface area contributed by atoms with Crippen LogP contribution in [0, 0.1) is 5.82 Å². The molecule has 0 saturated heterocycles. The van der Waals surface area contributed by atoms with Crippen molar-refractivity contribution in [2.24, 2.45) is 0 Å². The number of carbonyl (C=O) groups is 1. The first-order chi connectivity index (χ1) is 14.0. The average Bonchev–Trinajstić information content (AvgIpc) is 3.34. The number of rotatable bonds is 6. The van der Waals surface area contributed by atoms with E-state index in [0.29, 0.717) is 17.0 Å². The highest BCUT2D eigenvalue weighted by atomic mass is 19.1. The maximum Gasteiger partial charge on any atom is 0.291 e. The third kappa shape index (κ3) is 4.22. The molecule has 5 nitrogen and oxygen atoms in total. The number of nitrogens with one attached hydrogen (secondary N) is 1. The van der Waals surface area contributed by atoms with Gasteiger partial charge < -0.3 is 19.2 Å². The molecule has 0 spiro atoms. The standard InChI is InChI=1S/C23H22FN3O2/c1-26(2)13-14-27-12-11-17-15-19(7-8-20(17)27)25-23(28)22-10-9-21(29-22)16-3-5-18(24)6-4-16/h3-12,15H,13-14H2,1-2H3,(H,25,28). The first-order valence-electron chi connectivity index (χ1n) is 9.40. The van der Waals surface area contributed by atoms with Gasteiger partial charge in [-0.25, -0.2) is 4.39 Å². The first kappa shape index (κ1) is 19.0. The molecule has 0 atom stereocenters. The number of halogens is 1. The molecule has 0 unspecified atom stereocenters. The van der Waals surface area contributed by atoms with Crippen LogP contribution in [0.4, 0.5) is 10.1 Å². The Balaban J connectivity index is 1.48. The molecule has 6 heteroatoms.